The molecule has 178 valence electrons. The minimum Gasteiger partial charge on any atom is -0.497 e. The Morgan fingerprint density at radius 2 is 1.72 bits per heavy atom. The fourth-order valence-corrected chi connectivity index (χ4v) is 2.81. The standard InChI is InChI=1S/C22H29F2N3O4.HI/c1-5-25-22(26-13-15-7-9-19(30-6-2)20(11-15)29-4)27-14-16-12-17(28-3)8-10-18(16)31-21(23)24;/h7-12,21H,5-6,13-14H2,1-4H3,(H2,25,26,27);1H. The SMILES string of the molecule is CCNC(=NCc1ccc(OCC)c(OC)c1)NCc1cc(OC)ccc1OC(F)F.I. The predicted molar refractivity (Wildman–Crippen MR) is 131 cm³/mol. The van der Waals surface area contributed by atoms with E-state index in [0.29, 0.717) is 48.5 Å². The van der Waals surface area contributed by atoms with Crippen molar-refractivity contribution in [2.24, 2.45) is 4.99 Å². The first-order chi connectivity index (χ1) is 15.0. The second-order valence-electron chi connectivity index (χ2n) is 6.32. The molecule has 7 nitrogen and oxygen atoms in total. The number of halogens is 3. The van der Waals surface area contributed by atoms with Crippen molar-refractivity contribution >= 4 is 29.9 Å². The van der Waals surface area contributed by atoms with E-state index in [2.05, 4.69) is 20.4 Å². The van der Waals surface area contributed by atoms with Gasteiger partial charge in [-0.2, -0.15) is 8.78 Å². The lowest BCUT2D eigenvalue weighted by Crippen LogP contribution is -2.36. The van der Waals surface area contributed by atoms with Gasteiger partial charge in [0.05, 0.1) is 27.4 Å². The Morgan fingerprint density at radius 1 is 0.969 bits per heavy atom. The quantitative estimate of drug-likeness (QED) is 0.236. The predicted octanol–water partition coefficient (Wildman–Crippen LogP) is 4.58. The molecule has 0 spiro atoms. The zero-order valence-corrected chi connectivity index (χ0v) is 20.9. The van der Waals surface area contributed by atoms with Gasteiger partial charge >= 0.3 is 6.61 Å². The molecule has 0 fully saturated rings. The Hall–Kier alpha value is -2.50. The highest BCUT2D eigenvalue weighted by Gasteiger charge is 2.12. The van der Waals surface area contributed by atoms with Gasteiger partial charge in [0.25, 0.3) is 0 Å². The number of hydrogen-bond acceptors (Lipinski definition) is 5. The molecule has 0 unspecified atom stereocenters. The van der Waals surface area contributed by atoms with Gasteiger partial charge in [-0.25, -0.2) is 4.99 Å². The molecule has 0 atom stereocenters. The van der Waals surface area contributed by atoms with Crippen molar-refractivity contribution in [1.29, 1.82) is 0 Å². The van der Waals surface area contributed by atoms with Crippen molar-refractivity contribution in [1.82, 2.24) is 10.6 Å². The number of methoxy groups -OCH3 is 2. The van der Waals surface area contributed by atoms with E-state index < -0.39 is 6.61 Å². The molecule has 0 radical (unpaired) electrons. The Bertz CT molecular complexity index is 869. The van der Waals surface area contributed by atoms with Crippen LogP contribution >= 0.6 is 24.0 Å². The van der Waals surface area contributed by atoms with Crippen LogP contribution < -0.4 is 29.6 Å². The largest absolute Gasteiger partial charge is 0.497 e. The fraction of sp³-hybridized carbons (Fsp3) is 0.409. The van der Waals surface area contributed by atoms with Crippen molar-refractivity contribution in [2.75, 3.05) is 27.4 Å². The van der Waals surface area contributed by atoms with Crippen LogP contribution in [-0.4, -0.2) is 39.9 Å². The van der Waals surface area contributed by atoms with Gasteiger partial charge in [-0.1, -0.05) is 6.07 Å². The van der Waals surface area contributed by atoms with Crippen molar-refractivity contribution in [2.45, 2.75) is 33.5 Å². The molecule has 0 bridgehead atoms. The Balaban J connectivity index is 0.00000512. The molecule has 2 aromatic carbocycles. The smallest absolute Gasteiger partial charge is 0.387 e. The molecule has 0 aliphatic heterocycles. The maximum Gasteiger partial charge on any atom is 0.387 e. The third-order valence-corrected chi connectivity index (χ3v) is 4.22. The van der Waals surface area contributed by atoms with Crippen molar-refractivity contribution < 1.29 is 27.7 Å². The molecule has 2 aromatic rings. The Morgan fingerprint density at radius 3 is 2.34 bits per heavy atom. The van der Waals surface area contributed by atoms with E-state index in [-0.39, 0.29) is 36.3 Å². The lowest BCUT2D eigenvalue weighted by atomic mass is 10.2. The summed E-state index contributed by atoms with van der Waals surface area (Å²) in [6, 6.07) is 10.3. The molecule has 0 heterocycles. The van der Waals surface area contributed by atoms with Crippen LogP contribution in [0.2, 0.25) is 0 Å². The number of nitrogens with one attached hydrogen (secondary N) is 2. The monoisotopic (exact) mass is 565 g/mol. The van der Waals surface area contributed by atoms with Gasteiger partial charge in [-0.05, 0) is 49.7 Å². The van der Waals surface area contributed by atoms with Crippen LogP contribution in [-0.2, 0) is 13.1 Å². The van der Waals surface area contributed by atoms with Crippen LogP contribution in [0.25, 0.3) is 0 Å². The van der Waals surface area contributed by atoms with Crippen molar-refractivity contribution in [3.8, 4) is 23.0 Å². The number of benzene rings is 2. The summed E-state index contributed by atoms with van der Waals surface area (Å²) in [5.41, 5.74) is 1.45. The molecular formula is C22H30F2IN3O4. The first-order valence-corrected chi connectivity index (χ1v) is 9.94. The Labute approximate surface area is 204 Å². The van der Waals surface area contributed by atoms with E-state index in [0.717, 1.165) is 5.56 Å². The molecule has 0 aliphatic rings. The van der Waals surface area contributed by atoms with Crippen LogP contribution in [0.4, 0.5) is 8.78 Å². The normalized spacial score (nSPS) is 10.9. The molecule has 0 saturated heterocycles. The zero-order chi connectivity index (χ0) is 22.6. The summed E-state index contributed by atoms with van der Waals surface area (Å²) in [5, 5.41) is 6.27. The van der Waals surface area contributed by atoms with Crippen LogP contribution in [0, 0.1) is 0 Å². The number of rotatable bonds is 11. The lowest BCUT2D eigenvalue weighted by Gasteiger charge is -2.15. The third kappa shape index (κ3) is 8.56. The number of aliphatic imine (C=N–C) groups is 1. The average molecular weight is 565 g/mol. The number of ether oxygens (including phenoxy) is 4. The second-order valence-corrected chi connectivity index (χ2v) is 6.32. The summed E-state index contributed by atoms with van der Waals surface area (Å²) in [7, 11) is 3.10. The number of hydrogen-bond donors (Lipinski definition) is 2. The van der Waals surface area contributed by atoms with Crippen LogP contribution in [0.3, 0.4) is 0 Å². The topological polar surface area (TPSA) is 73.3 Å². The number of guanidine groups is 1. The summed E-state index contributed by atoms with van der Waals surface area (Å²) in [6.07, 6.45) is 0. The molecule has 0 aliphatic carbocycles. The lowest BCUT2D eigenvalue weighted by molar-refractivity contribution is -0.0505. The van der Waals surface area contributed by atoms with Crippen molar-refractivity contribution in [3.05, 3.63) is 47.5 Å². The maximum absolute atomic E-state index is 12.7. The van der Waals surface area contributed by atoms with Crippen molar-refractivity contribution in [3.63, 3.8) is 0 Å². The van der Waals surface area contributed by atoms with Gasteiger partial charge in [-0.3, -0.25) is 0 Å². The molecule has 32 heavy (non-hydrogen) atoms. The molecule has 0 aromatic heterocycles. The summed E-state index contributed by atoms with van der Waals surface area (Å²) >= 11 is 0. The molecule has 0 amide bonds. The minimum absolute atomic E-state index is 0. The summed E-state index contributed by atoms with van der Waals surface area (Å²) in [5.74, 6) is 2.46. The zero-order valence-electron chi connectivity index (χ0n) is 18.6. The maximum atomic E-state index is 12.7. The van der Waals surface area contributed by atoms with Gasteiger partial charge < -0.3 is 29.6 Å². The summed E-state index contributed by atoms with van der Waals surface area (Å²) < 4.78 is 46.1. The molecule has 0 saturated carbocycles. The highest BCUT2D eigenvalue weighted by atomic mass is 127. The molecular weight excluding hydrogens is 535 g/mol. The van der Waals surface area contributed by atoms with Crippen LogP contribution in [0.5, 0.6) is 23.0 Å². The average Bonchev–Trinajstić information content (AvgIpc) is 2.77. The first-order valence-electron chi connectivity index (χ1n) is 9.94. The van der Waals surface area contributed by atoms with E-state index in [9.17, 15) is 8.78 Å². The van der Waals surface area contributed by atoms with Gasteiger partial charge in [0.2, 0.25) is 0 Å². The van der Waals surface area contributed by atoms with E-state index in [1.54, 1.807) is 19.2 Å². The highest BCUT2D eigenvalue weighted by Crippen LogP contribution is 2.28. The van der Waals surface area contributed by atoms with Gasteiger partial charge in [0, 0.05) is 18.7 Å². The van der Waals surface area contributed by atoms with E-state index in [1.165, 1.54) is 13.2 Å². The first kappa shape index (κ1) is 27.5. The van der Waals surface area contributed by atoms with E-state index in [1.807, 2.05) is 32.0 Å². The van der Waals surface area contributed by atoms with Crippen LogP contribution in [0.1, 0.15) is 25.0 Å². The van der Waals surface area contributed by atoms with E-state index >= 15 is 0 Å². The fourth-order valence-electron chi connectivity index (χ4n) is 2.81. The second kappa shape index (κ2) is 14.5. The van der Waals surface area contributed by atoms with Gasteiger partial charge in [-0.15, -0.1) is 24.0 Å². The summed E-state index contributed by atoms with van der Waals surface area (Å²) in [4.78, 5) is 4.56. The van der Waals surface area contributed by atoms with Gasteiger partial charge in [0.1, 0.15) is 11.5 Å². The summed E-state index contributed by atoms with van der Waals surface area (Å²) in [6.45, 7) is 2.72. The van der Waals surface area contributed by atoms with Gasteiger partial charge in [0.15, 0.2) is 17.5 Å². The number of alkyl halides is 2. The number of nitrogens with zero attached hydrogens (tertiary/aromatic N) is 1. The highest BCUT2D eigenvalue weighted by molar-refractivity contribution is 14.0. The Kier molecular flexibility index (Phi) is 12.5. The third-order valence-electron chi connectivity index (χ3n) is 4.22. The minimum atomic E-state index is -2.91. The van der Waals surface area contributed by atoms with E-state index in [4.69, 9.17) is 14.2 Å². The van der Waals surface area contributed by atoms with Crippen LogP contribution in [0.15, 0.2) is 41.4 Å². The molecule has 2 rings (SSSR count). The molecule has 10 heteroatoms. The molecule has 2 N–H and O–H groups in total.